The summed E-state index contributed by atoms with van der Waals surface area (Å²) in [5.74, 6) is 1.00. The minimum absolute atomic E-state index is 0.328. The van der Waals surface area contributed by atoms with Gasteiger partial charge in [-0.1, -0.05) is 46.6 Å². The molecule has 0 aliphatic carbocycles. The molecule has 5 nitrogen and oxygen atoms in total. The first-order valence-electron chi connectivity index (χ1n) is 7.41. The summed E-state index contributed by atoms with van der Waals surface area (Å²) in [5.41, 5.74) is 2.88. The van der Waals surface area contributed by atoms with Gasteiger partial charge in [0.1, 0.15) is 0 Å². The Labute approximate surface area is 163 Å². The summed E-state index contributed by atoms with van der Waals surface area (Å²) in [6.45, 7) is 2.36. The van der Waals surface area contributed by atoms with Crippen LogP contribution < -0.4 is 10.6 Å². The molecular formula is C17H14BrClN4OS. The van der Waals surface area contributed by atoms with Gasteiger partial charge in [-0.05, 0) is 53.3 Å². The fourth-order valence-corrected chi connectivity index (χ4v) is 2.67. The molecule has 3 aromatic rings. The van der Waals surface area contributed by atoms with E-state index in [4.69, 9.17) is 28.3 Å². The van der Waals surface area contributed by atoms with E-state index in [0.717, 1.165) is 15.7 Å². The lowest BCUT2D eigenvalue weighted by Gasteiger charge is -2.09. The molecule has 2 N–H and O–H groups in total. The Morgan fingerprint density at radius 2 is 2.00 bits per heavy atom. The largest absolute Gasteiger partial charge is 0.353 e. The predicted molar refractivity (Wildman–Crippen MR) is 107 cm³/mol. The van der Waals surface area contributed by atoms with Gasteiger partial charge in [0, 0.05) is 15.7 Å². The van der Waals surface area contributed by atoms with Crippen molar-refractivity contribution < 1.29 is 4.52 Å². The molecule has 3 rings (SSSR count). The van der Waals surface area contributed by atoms with Gasteiger partial charge in [-0.3, -0.25) is 0 Å². The average molecular weight is 438 g/mol. The van der Waals surface area contributed by atoms with Gasteiger partial charge in [0.15, 0.2) is 5.11 Å². The van der Waals surface area contributed by atoms with Gasteiger partial charge in [0.25, 0.3) is 0 Å². The number of aryl methyl sites for hydroxylation is 1. The van der Waals surface area contributed by atoms with Gasteiger partial charge in [-0.15, -0.1) is 0 Å². The van der Waals surface area contributed by atoms with Crippen LogP contribution >= 0.6 is 39.7 Å². The van der Waals surface area contributed by atoms with E-state index < -0.39 is 0 Å². The Hall–Kier alpha value is -1.96. The Morgan fingerprint density at radius 1 is 1.24 bits per heavy atom. The number of hydrogen-bond donors (Lipinski definition) is 2. The maximum Gasteiger partial charge on any atom is 0.246 e. The van der Waals surface area contributed by atoms with Crippen LogP contribution in [0.3, 0.4) is 0 Å². The molecule has 0 saturated carbocycles. The molecule has 0 aliphatic rings. The molecular weight excluding hydrogens is 424 g/mol. The Bertz CT molecular complexity index is 898. The molecule has 2 aromatic carbocycles. The lowest BCUT2D eigenvalue weighted by molar-refractivity contribution is 0.376. The maximum absolute atomic E-state index is 6.06. The minimum Gasteiger partial charge on any atom is -0.353 e. The first-order valence-corrected chi connectivity index (χ1v) is 8.99. The summed E-state index contributed by atoms with van der Waals surface area (Å²) in [6, 6.07) is 13.4. The molecule has 0 radical (unpaired) electrons. The lowest BCUT2D eigenvalue weighted by Crippen LogP contribution is -2.28. The first-order chi connectivity index (χ1) is 12.0. The van der Waals surface area contributed by atoms with Gasteiger partial charge in [-0.2, -0.15) is 4.98 Å². The van der Waals surface area contributed by atoms with Crippen LogP contribution in [0, 0.1) is 6.92 Å². The number of nitrogens with one attached hydrogen (secondary N) is 2. The second-order valence-electron chi connectivity index (χ2n) is 5.31. The van der Waals surface area contributed by atoms with Crippen molar-refractivity contribution in [1.82, 2.24) is 15.5 Å². The van der Waals surface area contributed by atoms with Gasteiger partial charge < -0.3 is 15.2 Å². The summed E-state index contributed by atoms with van der Waals surface area (Å²) < 4.78 is 6.07. The highest BCUT2D eigenvalue weighted by atomic mass is 79.9. The van der Waals surface area contributed by atoms with E-state index in [1.807, 2.05) is 43.3 Å². The fraction of sp³-hybridized carbons (Fsp3) is 0.118. The number of hydrogen-bond acceptors (Lipinski definition) is 4. The van der Waals surface area contributed by atoms with Crippen LogP contribution in [0.15, 0.2) is 51.5 Å². The van der Waals surface area contributed by atoms with E-state index in [0.29, 0.717) is 28.4 Å². The number of halogens is 2. The standard InChI is InChI=1S/C17H14BrClN4OS/c1-10-2-4-11(5-3-10)16-22-15(24-23-16)9-20-17(25)21-12-6-7-13(18)14(19)8-12/h2-8H,9H2,1H3,(H2,20,21,25). The van der Waals surface area contributed by atoms with Crippen molar-refractivity contribution in [2.75, 3.05) is 5.32 Å². The van der Waals surface area contributed by atoms with E-state index >= 15 is 0 Å². The number of nitrogens with zero attached hydrogens (tertiary/aromatic N) is 2. The predicted octanol–water partition coefficient (Wildman–Crippen LogP) is 4.95. The minimum atomic E-state index is 0.328. The zero-order valence-corrected chi connectivity index (χ0v) is 16.4. The van der Waals surface area contributed by atoms with Crippen molar-refractivity contribution in [3.8, 4) is 11.4 Å². The molecule has 0 unspecified atom stereocenters. The van der Waals surface area contributed by atoms with Gasteiger partial charge in [-0.25, -0.2) is 0 Å². The van der Waals surface area contributed by atoms with Crippen molar-refractivity contribution in [3.63, 3.8) is 0 Å². The highest BCUT2D eigenvalue weighted by Crippen LogP contribution is 2.25. The van der Waals surface area contributed by atoms with Crippen LogP contribution in [0.25, 0.3) is 11.4 Å². The van der Waals surface area contributed by atoms with Crippen LogP contribution in [-0.4, -0.2) is 15.3 Å². The molecule has 128 valence electrons. The van der Waals surface area contributed by atoms with Crippen molar-refractivity contribution >= 4 is 50.5 Å². The second-order valence-corrected chi connectivity index (χ2v) is 6.98. The zero-order chi connectivity index (χ0) is 17.8. The highest BCUT2D eigenvalue weighted by molar-refractivity contribution is 9.10. The molecule has 0 saturated heterocycles. The second kappa shape index (κ2) is 7.95. The molecule has 0 amide bonds. The normalized spacial score (nSPS) is 10.5. The number of benzene rings is 2. The Morgan fingerprint density at radius 3 is 2.72 bits per heavy atom. The van der Waals surface area contributed by atoms with E-state index in [9.17, 15) is 0 Å². The number of thiocarbonyl (C=S) groups is 1. The van der Waals surface area contributed by atoms with E-state index in [1.165, 1.54) is 5.56 Å². The Balaban J connectivity index is 1.57. The lowest BCUT2D eigenvalue weighted by atomic mass is 10.1. The summed E-state index contributed by atoms with van der Waals surface area (Å²) in [5, 5.41) is 11.1. The highest BCUT2D eigenvalue weighted by Gasteiger charge is 2.09. The number of aromatic nitrogens is 2. The third-order valence-electron chi connectivity index (χ3n) is 3.36. The average Bonchev–Trinajstić information content (AvgIpc) is 3.06. The third kappa shape index (κ3) is 4.78. The topological polar surface area (TPSA) is 63.0 Å². The van der Waals surface area contributed by atoms with Gasteiger partial charge in [0.2, 0.25) is 11.7 Å². The molecule has 0 atom stereocenters. The molecule has 0 spiro atoms. The summed E-state index contributed by atoms with van der Waals surface area (Å²) in [7, 11) is 0. The van der Waals surface area contributed by atoms with Crippen molar-refractivity contribution in [1.29, 1.82) is 0 Å². The smallest absolute Gasteiger partial charge is 0.246 e. The van der Waals surface area contributed by atoms with Crippen LogP contribution in [0.2, 0.25) is 5.02 Å². The summed E-state index contributed by atoms with van der Waals surface area (Å²) in [4.78, 5) is 4.36. The quantitative estimate of drug-likeness (QED) is 0.563. The van der Waals surface area contributed by atoms with Crippen LogP contribution in [-0.2, 0) is 6.54 Å². The number of anilines is 1. The first kappa shape index (κ1) is 17.8. The van der Waals surface area contributed by atoms with Gasteiger partial charge >= 0.3 is 0 Å². The van der Waals surface area contributed by atoms with Crippen molar-refractivity contribution in [3.05, 3.63) is 63.4 Å². The maximum atomic E-state index is 6.06. The Kier molecular flexibility index (Phi) is 5.67. The van der Waals surface area contributed by atoms with Crippen LogP contribution in [0.5, 0.6) is 0 Å². The molecule has 1 heterocycles. The van der Waals surface area contributed by atoms with E-state index in [2.05, 4.69) is 36.7 Å². The van der Waals surface area contributed by atoms with E-state index in [-0.39, 0.29) is 0 Å². The zero-order valence-electron chi connectivity index (χ0n) is 13.2. The van der Waals surface area contributed by atoms with Crippen LogP contribution in [0.1, 0.15) is 11.5 Å². The SMILES string of the molecule is Cc1ccc(-c2noc(CNC(=S)Nc3ccc(Br)c(Cl)c3)n2)cc1. The summed E-state index contributed by atoms with van der Waals surface area (Å²) in [6.07, 6.45) is 0. The molecule has 0 bridgehead atoms. The van der Waals surface area contributed by atoms with Crippen molar-refractivity contribution in [2.24, 2.45) is 0 Å². The third-order valence-corrected chi connectivity index (χ3v) is 4.83. The number of rotatable bonds is 4. The fourth-order valence-electron chi connectivity index (χ4n) is 2.05. The van der Waals surface area contributed by atoms with Crippen molar-refractivity contribution in [2.45, 2.75) is 13.5 Å². The molecule has 0 fully saturated rings. The molecule has 8 heteroatoms. The molecule has 0 aliphatic heterocycles. The summed E-state index contributed by atoms with van der Waals surface area (Å²) >= 11 is 14.7. The monoisotopic (exact) mass is 436 g/mol. The van der Waals surface area contributed by atoms with Crippen LogP contribution in [0.4, 0.5) is 5.69 Å². The van der Waals surface area contributed by atoms with E-state index in [1.54, 1.807) is 6.07 Å². The van der Waals surface area contributed by atoms with Gasteiger partial charge in [0.05, 0.1) is 11.6 Å². The molecule has 25 heavy (non-hydrogen) atoms. The molecule has 1 aromatic heterocycles.